The molecule has 1 aliphatic rings. The predicted molar refractivity (Wildman–Crippen MR) is 48.5 cm³/mol. The molecule has 1 aliphatic carbocycles. The number of carboxylic acids is 1. The third-order valence-corrected chi connectivity index (χ3v) is 2.52. The lowest BCUT2D eigenvalue weighted by Gasteiger charge is -2.25. The van der Waals surface area contributed by atoms with E-state index in [1.807, 2.05) is 0 Å². The molecular weight excluding hydrogens is 170 g/mol. The highest BCUT2D eigenvalue weighted by Gasteiger charge is 2.21. The molecule has 0 amide bonds. The summed E-state index contributed by atoms with van der Waals surface area (Å²) in [6.45, 7) is -0.328. The van der Waals surface area contributed by atoms with Gasteiger partial charge < -0.3 is 10.2 Å². The van der Waals surface area contributed by atoms with E-state index in [1.54, 1.807) is 0 Å². The van der Waals surface area contributed by atoms with Crippen LogP contribution in [0.25, 0.3) is 0 Å². The van der Waals surface area contributed by atoms with Crippen LogP contribution >= 0.6 is 0 Å². The fraction of sp³-hybridized carbons (Fsp3) is 0.889. The van der Waals surface area contributed by atoms with Crippen LogP contribution in [0.4, 0.5) is 0 Å². The second kappa shape index (κ2) is 5.19. The van der Waals surface area contributed by atoms with Crippen LogP contribution in [-0.2, 0) is 4.79 Å². The average molecular weight is 187 g/mol. The van der Waals surface area contributed by atoms with Crippen molar-refractivity contribution in [1.82, 2.24) is 5.32 Å². The van der Waals surface area contributed by atoms with Crippen LogP contribution in [0, 0.1) is 0 Å². The lowest BCUT2D eigenvalue weighted by atomic mass is 9.95. The first kappa shape index (κ1) is 10.5. The lowest BCUT2D eigenvalue weighted by Crippen LogP contribution is -2.46. The zero-order chi connectivity index (χ0) is 9.68. The molecule has 1 fully saturated rings. The number of rotatable bonds is 4. The number of aliphatic carboxylic acids is 1. The number of hydrogen-bond donors (Lipinski definition) is 3. The fourth-order valence-corrected chi connectivity index (χ4v) is 1.76. The van der Waals surface area contributed by atoms with Gasteiger partial charge >= 0.3 is 5.97 Å². The van der Waals surface area contributed by atoms with Gasteiger partial charge in [-0.15, -0.1) is 0 Å². The number of carboxylic acid groups (broad SMARTS) is 1. The van der Waals surface area contributed by atoms with Gasteiger partial charge in [0.15, 0.2) is 0 Å². The Labute approximate surface area is 78.0 Å². The number of nitrogens with one attached hydrogen (secondary N) is 1. The first-order valence-electron chi connectivity index (χ1n) is 4.83. The molecular formula is C9H17NO3. The summed E-state index contributed by atoms with van der Waals surface area (Å²) < 4.78 is 0. The van der Waals surface area contributed by atoms with E-state index in [0.717, 1.165) is 25.7 Å². The molecule has 0 spiro atoms. The maximum absolute atomic E-state index is 10.6. The smallest absolute Gasteiger partial charge is 0.323 e. The summed E-state index contributed by atoms with van der Waals surface area (Å²) in [6, 6.07) is -0.509. The van der Waals surface area contributed by atoms with Crippen LogP contribution in [0.2, 0.25) is 0 Å². The lowest BCUT2D eigenvalue weighted by molar-refractivity contribution is -0.140. The van der Waals surface area contributed by atoms with E-state index in [2.05, 4.69) is 5.32 Å². The third-order valence-electron chi connectivity index (χ3n) is 2.52. The number of carbonyl (C=O) groups is 1. The zero-order valence-corrected chi connectivity index (χ0v) is 7.70. The molecule has 0 saturated heterocycles. The van der Waals surface area contributed by atoms with E-state index in [9.17, 15) is 4.79 Å². The molecule has 4 nitrogen and oxygen atoms in total. The van der Waals surface area contributed by atoms with Gasteiger partial charge in [-0.25, -0.2) is 0 Å². The third kappa shape index (κ3) is 3.32. The predicted octanol–water partition coefficient (Wildman–Crippen LogP) is 0.354. The molecule has 0 unspecified atom stereocenters. The molecule has 0 aromatic heterocycles. The van der Waals surface area contributed by atoms with Crippen LogP contribution in [0.5, 0.6) is 0 Å². The van der Waals surface area contributed by atoms with E-state index in [4.69, 9.17) is 10.2 Å². The summed E-state index contributed by atoms with van der Waals surface area (Å²) in [4.78, 5) is 10.6. The van der Waals surface area contributed by atoms with Crippen LogP contribution in [0.3, 0.4) is 0 Å². The summed E-state index contributed by atoms with van der Waals surface area (Å²) in [5.41, 5.74) is 0. The molecule has 1 saturated carbocycles. The minimum atomic E-state index is -0.965. The SMILES string of the molecule is O=C(O)[C@@H](CO)NC1CCCCC1. The van der Waals surface area contributed by atoms with Crippen molar-refractivity contribution in [2.24, 2.45) is 0 Å². The minimum Gasteiger partial charge on any atom is -0.480 e. The first-order chi connectivity index (χ1) is 6.24. The second-order valence-electron chi connectivity index (χ2n) is 3.57. The van der Waals surface area contributed by atoms with Crippen molar-refractivity contribution in [2.75, 3.05) is 6.61 Å². The molecule has 0 bridgehead atoms. The molecule has 0 aromatic carbocycles. The Hall–Kier alpha value is -0.610. The van der Waals surface area contributed by atoms with Gasteiger partial charge in [-0.2, -0.15) is 0 Å². The minimum absolute atomic E-state index is 0.280. The topological polar surface area (TPSA) is 69.6 Å². The summed E-state index contributed by atoms with van der Waals surface area (Å²) in [5, 5.41) is 20.4. The quantitative estimate of drug-likeness (QED) is 0.594. The van der Waals surface area contributed by atoms with Crippen molar-refractivity contribution in [3.05, 3.63) is 0 Å². The average Bonchev–Trinajstić information content (AvgIpc) is 2.15. The van der Waals surface area contributed by atoms with Gasteiger partial charge in [0.25, 0.3) is 0 Å². The standard InChI is InChI=1S/C9H17NO3/c11-6-8(9(12)13)10-7-4-2-1-3-5-7/h7-8,10-11H,1-6H2,(H,12,13)/t8-/m1/s1. The molecule has 0 heterocycles. The van der Waals surface area contributed by atoms with Crippen molar-refractivity contribution in [1.29, 1.82) is 0 Å². The molecule has 13 heavy (non-hydrogen) atoms. The highest BCUT2D eigenvalue weighted by atomic mass is 16.4. The summed E-state index contributed by atoms with van der Waals surface area (Å²) in [7, 11) is 0. The van der Waals surface area contributed by atoms with Gasteiger partial charge in [0, 0.05) is 6.04 Å². The molecule has 1 rings (SSSR count). The van der Waals surface area contributed by atoms with Crippen molar-refractivity contribution in [2.45, 2.75) is 44.2 Å². The van der Waals surface area contributed by atoms with E-state index < -0.39 is 12.0 Å². The Balaban J connectivity index is 2.31. The van der Waals surface area contributed by atoms with Crippen molar-refractivity contribution >= 4 is 5.97 Å². The molecule has 0 radical (unpaired) electrons. The van der Waals surface area contributed by atoms with Crippen molar-refractivity contribution in [3.8, 4) is 0 Å². The maximum Gasteiger partial charge on any atom is 0.323 e. The molecule has 76 valence electrons. The Morgan fingerprint density at radius 2 is 2.00 bits per heavy atom. The van der Waals surface area contributed by atoms with E-state index >= 15 is 0 Å². The molecule has 3 N–H and O–H groups in total. The highest BCUT2D eigenvalue weighted by molar-refractivity contribution is 5.73. The van der Waals surface area contributed by atoms with Gasteiger partial charge in [-0.3, -0.25) is 10.1 Å². The summed E-state index contributed by atoms with van der Waals surface area (Å²) >= 11 is 0. The van der Waals surface area contributed by atoms with Crippen molar-refractivity contribution in [3.63, 3.8) is 0 Å². The van der Waals surface area contributed by atoms with E-state index in [-0.39, 0.29) is 12.6 Å². The Morgan fingerprint density at radius 1 is 1.38 bits per heavy atom. The summed E-state index contributed by atoms with van der Waals surface area (Å²) in [6.07, 6.45) is 5.63. The van der Waals surface area contributed by atoms with Gasteiger partial charge in [0.2, 0.25) is 0 Å². The van der Waals surface area contributed by atoms with E-state index in [0.29, 0.717) is 0 Å². The number of hydrogen-bond acceptors (Lipinski definition) is 3. The summed E-state index contributed by atoms with van der Waals surface area (Å²) in [5.74, 6) is -0.965. The van der Waals surface area contributed by atoms with Crippen LogP contribution < -0.4 is 5.32 Å². The molecule has 4 heteroatoms. The van der Waals surface area contributed by atoms with Crippen LogP contribution in [0.1, 0.15) is 32.1 Å². The Morgan fingerprint density at radius 3 is 2.46 bits per heavy atom. The zero-order valence-electron chi connectivity index (χ0n) is 7.70. The highest BCUT2D eigenvalue weighted by Crippen LogP contribution is 2.17. The normalized spacial score (nSPS) is 21.3. The fourth-order valence-electron chi connectivity index (χ4n) is 1.76. The Bertz CT molecular complexity index is 166. The van der Waals surface area contributed by atoms with Gasteiger partial charge in [0.1, 0.15) is 6.04 Å². The number of aliphatic hydroxyl groups is 1. The molecule has 1 atom stereocenters. The van der Waals surface area contributed by atoms with E-state index in [1.165, 1.54) is 6.42 Å². The number of aliphatic hydroxyl groups excluding tert-OH is 1. The second-order valence-corrected chi connectivity index (χ2v) is 3.57. The van der Waals surface area contributed by atoms with Gasteiger partial charge in [-0.05, 0) is 12.8 Å². The van der Waals surface area contributed by atoms with Crippen molar-refractivity contribution < 1.29 is 15.0 Å². The van der Waals surface area contributed by atoms with Gasteiger partial charge in [0.05, 0.1) is 6.61 Å². The monoisotopic (exact) mass is 187 g/mol. The van der Waals surface area contributed by atoms with Gasteiger partial charge in [-0.1, -0.05) is 19.3 Å². The molecule has 0 aliphatic heterocycles. The van der Waals surface area contributed by atoms with Crippen LogP contribution in [-0.4, -0.2) is 34.9 Å². The molecule has 0 aromatic rings. The Kier molecular flexibility index (Phi) is 4.18. The van der Waals surface area contributed by atoms with Crippen LogP contribution in [0.15, 0.2) is 0 Å². The first-order valence-corrected chi connectivity index (χ1v) is 4.83. The largest absolute Gasteiger partial charge is 0.480 e. The maximum atomic E-state index is 10.6.